The molecule has 2 aliphatic heterocycles. The molecule has 0 radical (unpaired) electrons. The highest BCUT2D eigenvalue weighted by molar-refractivity contribution is 6.33. The van der Waals surface area contributed by atoms with Crippen LogP contribution >= 0.6 is 11.6 Å². The topological polar surface area (TPSA) is 59.1 Å². The van der Waals surface area contributed by atoms with Crippen molar-refractivity contribution in [1.82, 2.24) is 4.90 Å². The summed E-state index contributed by atoms with van der Waals surface area (Å²) in [4.78, 5) is 29.0. The maximum Gasteiger partial charge on any atom is 0.254 e. The van der Waals surface area contributed by atoms with Crippen LogP contribution in [0.25, 0.3) is 0 Å². The van der Waals surface area contributed by atoms with Crippen LogP contribution in [0, 0.1) is 0 Å². The molecule has 1 fully saturated rings. The van der Waals surface area contributed by atoms with Gasteiger partial charge < -0.3 is 19.3 Å². The molecule has 0 N–H and O–H groups in total. The molecule has 2 aromatic carbocycles. The fourth-order valence-electron chi connectivity index (χ4n) is 3.25. The Labute approximate surface area is 155 Å². The molecule has 0 aromatic heterocycles. The molecular weight excluding hydrogens is 356 g/mol. The van der Waals surface area contributed by atoms with E-state index in [4.69, 9.17) is 21.1 Å². The van der Waals surface area contributed by atoms with Crippen LogP contribution in [0.2, 0.25) is 5.02 Å². The predicted molar refractivity (Wildman–Crippen MR) is 96.9 cm³/mol. The van der Waals surface area contributed by atoms with Gasteiger partial charge >= 0.3 is 0 Å². The second-order valence-electron chi connectivity index (χ2n) is 6.18. The molecule has 0 aliphatic carbocycles. The summed E-state index contributed by atoms with van der Waals surface area (Å²) in [5.74, 6) is 0.806. The second kappa shape index (κ2) is 6.53. The number of fused-ring (bicyclic) bond motifs is 1. The van der Waals surface area contributed by atoms with Gasteiger partial charge in [-0.3, -0.25) is 9.59 Å². The van der Waals surface area contributed by atoms with Gasteiger partial charge in [-0.1, -0.05) is 23.7 Å². The number of hydrogen-bond donors (Lipinski definition) is 0. The lowest BCUT2D eigenvalue weighted by molar-refractivity contribution is -0.124. The van der Waals surface area contributed by atoms with Crippen molar-refractivity contribution in [3.05, 3.63) is 53.1 Å². The van der Waals surface area contributed by atoms with E-state index in [1.807, 2.05) is 18.2 Å². The normalized spacial score (nSPS) is 19.0. The lowest BCUT2D eigenvalue weighted by Crippen LogP contribution is -2.57. The van der Waals surface area contributed by atoms with Crippen LogP contribution in [0.15, 0.2) is 42.5 Å². The third kappa shape index (κ3) is 2.76. The molecule has 1 atom stereocenters. The van der Waals surface area contributed by atoms with E-state index in [0.29, 0.717) is 40.9 Å². The molecule has 2 amide bonds. The number of anilines is 1. The SMILES string of the molecule is CC1C(=O)N(c2ccccc2Cl)CCN1C(=O)c1ccc2c(c1)OCO2. The van der Waals surface area contributed by atoms with Gasteiger partial charge in [-0.2, -0.15) is 0 Å². The molecule has 26 heavy (non-hydrogen) atoms. The minimum Gasteiger partial charge on any atom is -0.454 e. The van der Waals surface area contributed by atoms with Crippen molar-refractivity contribution in [3.63, 3.8) is 0 Å². The van der Waals surface area contributed by atoms with E-state index < -0.39 is 6.04 Å². The summed E-state index contributed by atoms with van der Waals surface area (Å²) in [6.07, 6.45) is 0. The predicted octanol–water partition coefficient (Wildman–Crippen LogP) is 2.95. The number of carbonyl (C=O) groups excluding carboxylic acids is 2. The molecule has 0 saturated carbocycles. The molecule has 134 valence electrons. The van der Waals surface area contributed by atoms with E-state index in [0.717, 1.165) is 0 Å². The number of ether oxygens (including phenoxy) is 2. The van der Waals surface area contributed by atoms with Crippen LogP contribution in [-0.4, -0.2) is 42.6 Å². The Morgan fingerprint density at radius 2 is 1.88 bits per heavy atom. The molecule has 1 unspecified atom stereocenters. The second-order valence-corrected chi connectivity index (χ2v) is 6.59. The summed E-state index contributed by atoms with van der Waals surface area (Å²) in [6.45, 7) is 2.70. The van der Waals surface area contributed by atoms with Gasteiger partial charge in [0.15, 0.2) is 11.5 Å². The fourth-order valence-corrected chi connectivity index (χ4v) is 3.49. The summed E-state index contributed by atoms with van der Waals surface area (Å²) in [7, 11) is 0. The monoisotopic (exact) mass is 372 g/mol. The highest BCUT2D eigenvalue weighted by Gasteiger charge is 2.36. The van der Waals surface area contributed by atoms with Gasteiger partial charge in [0.1, 0.15) is 6.04 Å². The van der Waals surface area contributed by atoms with Gasteiger partial charge in [0.05, 0.1) is 10.7 Å². The molecule has 6 nitrogen and oxygen atoms in total. The van der Waals surface area contributed by atoms with Crippen LogP contribution < -0.4 is 14.4 Å². The van der Waals surface area contributed by atoms with Gasteiger partial charge in [-0.15, -0.1) is 0 Å². The van der Waals surface area contributed by atoms with E-state index in [1.54, 1.807) is 41.0 Å². The molecule has 7 heteroatoms. The van der Waals surface area contributed by atoms with Gasteiger partial charge in [0, 0.05) is 18.7 Å². The van der Waals surface area contributed by atoms with Crippen molar-refractivity contribution in [1.29, 1.82) is 0 Å². The number of rotatable bonds is 2. The first kappa shape index (κ1) is 16.7. The molecule has 0 spiro atoms. The number of benzene rings is 2. The van der Waals surface area contributed by atoms with Crippen molar-refractivity contribution < 1.29 is 19.1 Å². The smallest absolute Gasteiger partial charge is 0.254 e. The summed E-state index contributed by atoms with van der Waals surface area (Å²) in [6, 6.07) is 11.7. The van der Waals surface area contributed by atoms with E-state index in [2.05, 4.69) is 0 Å². The van der Waals surface area contributed by atoms with Crippen molar-refractivity contribution in [2.24, 2.45) is 0 Å². The lowest BCUT2D eigenvalue weighted by Gasteiger charge is -2.39. The van der Waals surface area contributed by atoms with Crippen LogP contribution in [-0.2, 0) is 4.79 Å². The van der Waals surface area contributed by atoms with E-state index in [9.17, 15) is 9.59 Å². The third-order valence-electron chi connectivity index (χ3n) is 4.68. The highest BCUT2D eigenvalue weighted by Crippen LogP contribution is 2.33. The van der Waals surface area contributed by atoms with Gasteiger partial charge in [-0.05, 0) is 37.3 Å². The Hall–Kier alpha value is -2.73. The Kier molecular flexibility index (Phi) is 4.20. The van der Waals surface area contributed by atoms with Crippen LogP contribution in [0.1, 0.15) is 17.3 Å². The first-order chi connectivity index (χ1) is 12.6. The molecule has 2 aromatic rings. The summed E-state index contributed by atoms with van der Waals surface area (Å²) in [5, 5.41) is 0.517. The molecular formula is C19H17ClN2O4. The number of nitrogens with zero attached hydrogens (tertiary/aromatic N) is 2. The van der Waals surface area contributed by atoms with E-state index in [-0.39, 0.29) is 18.6 Å². The average molecular weight is 373 g/mol. The molecule has 1 saturated heterocycles. The molecule has 2 heterocycles. The van der Waals surface area contributed by atoms with Crippen LogP contribution in [0.3, 0.4) is 0 Å². The molecule has 0 bridgehead atoms. The van der Waals surface area contributed by atoms with Crippen LogP contribution in [0.4, 0.5) is 5.69 Å². The minimum atomic E-state index is -0.585. The van der Waals surface area contributed by atoms with Crippen LogP contribution in [0.5, 0.6) is 11.5 Å². The first-order valence-corrected chi connectivity index (χ1v) is 8.70. The molecule has 4 rings (SSSR count). The van der Waals surface area contributed by atoms with E-state index >= 15 is 0 Å². The zero-order valence-electron chi connectivity index (χ0n) is 14.1. The quantitative estimate of drug-likeness (QED) is 0.813. The summed E-state index contributed by atoms with van der Waals surface area (Å²) < 4.78 is 10.6. The van der Waals surface area contributed by atoms with Crippen molar-refractivity contribution in [2.45, 2.75) is 13.0 Å². The Bertz CT molecular complexity index is 886. The highest BCUT2D eigenvalue weighted by atomic mass is 35.5. The number of amides is 2. The van der Waals surface area contributed by atoms with Crippen molar-refractivity contribution in [3.8, 4) is 11.5 Å². The Morgan fingerprint density at radius 1 is 1.12 bits per heavy atom. The zero-order valence-corrected chi connectivity index (χ0v) is 14.9. The Balaban J connectivity index is 1.55. The van der Waals surface area contributed by atoms with Crippen molar-refractivity contribution in [2.75, 3.05) is 24.8 Å². The first-order valence-electron chi connectivity index (χ1n) is 8.33. The third-order valence-corrected chi connectivity index (χ3v) is 5.00. The average Bonchev–Trinajstić information content (AvgIpc) is 3.12. The summed E-state index contributed by atoms with van der Waals surface area (Å²) >= 11 is 6.22. The number of carbonyl (C=O) groups is 2. The van der Waals surface area contributed by atoms with E-state index in [1.165, 1.54) is 0 Å². The standard InChI is InChI=1S/C19H17ClN2O4/c1-12-18(23)22(15-5-3-2-4-14(15)20)9-8-21(12)19(24)13-6-7-16-17(10-13)26-11-25-16/h2-7,10,12H,8-9,11H2,1H3. The fraction of sp³-hybridized carbons (Fsp3) is 0.263. The van der Waals surface area contributed by atoms with Gasteiger partial charge in [0.2, 0.25) is 12.7 Å². The maximum atomic E-state index is 12.9. The lowest BCUT2D eigenvalue weighted by atomic mass is 10.1. The number of halogens is 1. The largest absolute Gasteiger partial charge is 0.454 e. The van der Waals surface area contributed by atoms with Crippen molar-refractivity contribution >= 4 is 29.1 Å². The Morgan fingerprint density at radius 3 is 2.69 bits per heavy atom. The zero-order chi connectivity index (χ0) is 18.3. The number of piperazine rings is 1. The molecule has 2 aliphatic rings. The summed E-state index contributed by atoms with van der Waals surface area (Å²) in [5.41, 5.74) is 1.14. The maximum absolute atomic E-state index is 12.9. The van der Waals surface area contributed by atoms with Gasteiger partial charge in [-0.25, -0.2) is 0 Å². The number of para-hydroxylation sites is 1. The number of hydrogen-bond acceptors (Lipinski definition) is 4. The van der Waals surface area contributed by atoms with Gasteiger partial charge in [0.25, 0.3) is 5.91 Å². The minimum absolute atomic E-state index is 0.151.